The molecule has 0 saturated heterocycles. The first-order chi connectivity index (χ1) is 9.80. The fourth-order valence-electron chi connectivity index (χ4n) is 3.22. The molecule has 0 amide bonds. The summed E-state index contributed by atoms with van der Waals surface area (Å²) in [4.78, 5) is 2.13. The Bertz CT molecular complexity index is 477. The van der Waals surface area contributed by atoms with E-state index >= 15 is 0 Å². The summed E-state index contributed by atoms with van der Waals surface area (Å²) < 4.78 is 8.05. The van der Waals surface area contributed by atoms with Crippen LogP contribution in [0.25, 0.3) is 0 Å². The number of ether oxygens (including phenoxy) is 1. The molecule has 1 aliphatic rings. The topological polar surface area (TPSA) is 37.6 Å². The Balaban J connectivity index is 2.01. The van der Waals surface area contributed by atoms with E-state index < -0.39 is 0 Å². The Morgan fingerprint density at radius 1 is 1.38 bits per heavy atom. The molecule has 2 rings (SSSR count). The predicted molar refractivity (Wildman–Crippen MR) is 85.6 cm³/mol. The highest BCUT2D eigenvalue weighted by atomic mass is 16.5. The van der Waals surface area contributed by atoms with Gasteiger partial charge in [-0.2, -0.15) is 0 Å². The highest BCUT2D eigenvalue weighted by Crippen LogP contribution is 2.41. The van der Waals surface area contributed by atoms with Gasteiger partial charge in [0.1, 0.15) is 0 Å². The number of rotatable bonds is 6. The van der Waals surface area contributed by atoms with Crippen LogP contribution in [0.4, 0.5) is 0 Å². The van der Waals surface area contributed by atoms with Gasteiger partial charge in [-0.3, -0.25) is 0 Å². The average Bonchev–Trinajstić information content (AvgIpc) is 2.65. The Morgan fingerprint density at radius 3 is 2.76 bits per heavy atom. The number of hydrogen-bond donors (Lipinski definition) is 1. The van der Waals surface area contributed by atoms with E-state index in [1.807, 2.05) is 0 Å². The first-order valence-corrected chi connectivity index (χ1v) is 7.89. The molecule has 0 bridgehead atoms. The second kappa shape index (κ2) is 6.51. The molecule has 120 valence electrons. The van der Waals surface area contributed by atoms with Crippen LogP contribution < -0.4 is 0 Å². The highest BCUT2D eigenvalue weighted by molar-refractivity contribution is 5.33. The minimum absolute atomic E-state index is 0.167. The number of aromatic nitrogens is 1. The lowest BCUT2D eigenvalue weighted by atomic mass is 9.75. The maximum Gasteiger partial charge on any atom is 0.0812 e. The fourth-order valence-corrected chi connectivity index (χ4v) is 3.22. The van der Waals surface area contributed by atoms with Crippen molar-refractivity contribution in [3.05, 3.63) is 23.0 Å². The van der Waals surface area contributed by atoms with Crippen LogP contribution in [0, 0.1) is 12.3 Å². The molecule has 1 atom stereocenters. The van der Waals surface area contributed by atoms with Crippen molar-refractivity contribution >= 4 is 0 Å². The maximum absolute atomic E-state index is 10.4. The summed E-state index contributed by atoms with van der Waals surface area (Å²) in [5.74, 6) is 0. The van der Waals surface area contributed by atoms with Crippen LogP contribution >= 0.6 is 0 Å². The van der Waals surface area contributed by atoms with Gasteiger partial charge in [-0.1, -0.05) is 13.8 Å². The van der Waals surface area contributed by atoms with Gasteiger partial charge in [0.2, 0.25) is 0 Å². The van der Waals surface area contributed by atoms with E-state index in [-0.39, 0.29) is 11.5 Å². The van der Waals surface area contributed by atoms with Crippen LogP contribution in [0.5, 0.6) is 0 Å². The van der Waals surface area contributed by atoms with Gasteiger partial charge in [0.25, 0.3) is 0 Å². The zero-order valence-corrected chi connectivity index (χ0v) is 14.1. The summed E-state index contributed by atoms with van der Waals surface area (Å²) in [5, 5.41) is 10.4. The van der Waals surface area contributed by atoms with Crippen molar-refractivity contribution in [3.63, 3.8) is 0 Å². The Hall–Kier alpha value is -0.840. The Kier molecular flexibility index (Phi) is 5.12. The minimum atomic E-state index is -0.321. The minimum Gasteiger partial charge on any atom is -0.388 e. The molecule has 1 aromatic rings. The third-order valence-corrected chi connectivity index (χ3v) is 4.34. The standard InChI is InChI=1S/C17H30N2O2/c1-13-10-14-15(11-17(2,3)12-16(14)20)19(13)7-9-21-8-6-18(4)5/h10,16,20H,6-9,11-12H2,1-5H3. The summed E-state index contributed by atoms with van der Waals surface area (Å²) >= 11 is 0. The van der Waals surface area contributed by atoms with E-state index in [0.717, 1.165) is 44.7 Å². The fraction of sp³-hybridized carbons (Fsp3) is 0.765. The first-order valence-electron chi connectivity index (χ1n) is 7.89. The van der Waals surface area contributed by atoms with Gasteiger partial charge < -0.3 is 19.3 Å². The van der Waals surface area contributed by atoms with E-state index in [1.165, 1.54) is 11.4 Å². The highest BCUT2D eigenvalue weighted by Gasteiger charge is 2.33. The molecule has 4 heteroatoms. The molecular weight excluding hydrogens is 264 g/mol. The smallest absolute Gasteiger partial charge is 0.0812 e. The normalized spacial score (nSPS) is 20.8. The van der Waals surface area contributed by atoms with E-state index in [9.17, 15) is 5.11 Å². The van der Waals surface area contributed by atoms with Gasteiger partial charge in [-0.05, 0) is 45.3 Å². The molecule has 1 aliphatic carbocycles. The number of likely N-dealkylation sites (N-methyl/N-ethyl adjacent to an activating group) is 1. The lowest BCUT2D eigenvalue weighted by molar-refractivity contribution is 0.0936. The van der Waals surface area contributed by atoms with Crippen LogP contribution in [-0.4, -0.2) is 48.4 Å². The Labute approximate surface area is 128 Å². The van der Waals surface area contributed by atoms with Gasteiger partial charge in [-0.25, -0.2) is 0 Å². The summed E-state index contributed by atoms with van der Waals surface area (Å²) in [6.07, 6.45) is 1.56. The third kappa shape index (κ3) is 4.09. The number of nitrogens with zero attached hydrogens (tertiary/aromatic N) is 2. The molecule has 21 heavy (non-hydrogen) atoms. The van der Waals surface area contributed by atoms with Crippen molar-refractivity contribution in [3.8, 4) is 0 Å². The van der Waals surface area contributed by atoms with Crippen molar-refractivity contribution < 1.29 is 9.84 Å². The molecule has 0 saturated carbocycles. The molecule has 1 unspecified atom stereocenters. The molecule has 0 aromatic carbocycles. The van der Waals surface area contributed by atoms with E-state index in [0.29, 0.717) is 0 Å². The SMILES string of the molecule is Cc1cc2c(n1CCOCCN(C)C)CC(C)(C)CC2O. The van der Waals surface area contributed by atoms with Gasteiger partial charge in [0.15, 0.2) is 0 Å². The number of aliphatic hydroxyl groups excluding tert-OH is 1. The molecule has 1 aromatic heterocycles. The van der Waals surface area contributed by atoms with Gasteiger partial charge in [-0.15, -0.1) is 0 Å². The van der Waals surface area contributed by atoms with Crippen LogP contribution in [0.3, 0.4) is 0 Å². The molecule has 0 aliphatic heterocycles. The van der Waals surface area contributed by atoms with Gasteiger partial charge in [0.05, 0.1) is 19.3 Å². The summed E-state index contributed by atoms with van der Waals surface area (Å²) in [7, 11) is 4.11. The lowest BCUT2D eigenvalue weighted by Gasteiger charge is -2.34. The molecular formula is C17H30N2O2. The van der Waals surface area contributed by atoms with Crippen molar-refractivity contribution in [2.75, 3.05) is 33.9 Å². The van der Waals surface area contributed by atoms with Crippen LogP contribution in [0.15, 0.2) is 6.07 Å². The van der Waals surface area contributed by atoms with Crippen molar-refractivity contribution in [2.24, 2.45) is 5.41 Å². The molecule has 1 heterocycles. The van der Waals surface area contributed by atoms with Crippen molar-refractivity contribution in [1.29, 1.82) is 0 Å². The molecule has 0 fully saturated rings. The monoisotopic (exact) mass is 294 g/mol. The average molecular weight is 294 g/mol. The van der Waals surface area contributed by atoms with E-state index in [2.05, 4.69) is 50.4 Å². The van der Waals surface area contributed by atoms with Crippen molar-refractivity contribution in [2.45, 2.75) is 46.3 Å². The molecule has 4 nitrogen and oxygen atoms in total. The molecule has 0 spiro atoms. The van der Waals surface area contributed by atoms with Crippen LogP contribution in [0.1, 0.15) is 43.3 Å². The summed E-state index contributed by atoms with van der Waals surface area (Å²) in [5.41, 5.74) is 3.82. The number of hydrogen-bond acceptors (Lipinski definition) is 3. The zero-order chi connectivity index (χ0) is 15.6. The zero-order valence-electron chi connectivity index (χ0n) is 14.1. The molecule has 0 radical (unpaired) electrons. The molecule has 1 N–H and O–H groups in total. The summed E-state index contributed by atoms with van der Waals surface area (Å²) in [6.45, 7) is 9.92. The van der Waals surface area contributed by atoms with E-state index in [4.69, 9.17) is 4.74 Å². The maximum atomic E-state index is 10.4. The first kappa shape index (κ1) is 16.5. The Morgan fingerprint density at radius 2 is 2.10 bits per heavy atom. The summed E-state index contributed by atoms with van der Waals surface area (Å²) in [6, 6.07) is 2.15. The number of aliphatic hydroxyl groups is 1. The number of aryl methyl sites for hydroxylation is 1. The van der Waals surface area contributed by atoms with Crippen LogP contribution in [-0.2, 0) is 17.7 Å². The predicted octanol–water partition coefficient (Wildman–Crippen LogP) is 2.38. The number of fused-ring (bicyclic) bond motifs is 1. The largest absolute Gasteiger partial charge is 0.388 e. The van der Waals surface area contributed by atoms with Crippen molar-refractivity contribution in [1.82, 2.24) is 9.47 Å². The van der Waals surface area contributed by atoms with Crippen LogP contribution in [0.2, 0.25) is 0 Å². The van der Waals surface area contributed by atoms with Gasteiger partial charge >= 0.3 is 0 Å². The van der Waals surface area contributed by atoms with Gasteiger partial charge in [0, 0.05) is 30.0 Å². The van der Waals surface area contributed by atoms with E-state index in [1.54, 1.807) is 0 Å². The third-order valence-electron chi connectivity index (χ3n) is 4.34. The second-order valence-corrected chi connectivity index (χ2v) is 7.32. The second-order valence-electron chi connectivity index (χ2n) is 7.32. The lowest BCUT2D eigenvalue weighted by Crippen LogP contribution is -2.27. The quantitative estimate of drug-likeness (QED) is 0.819.